The van der Waals surface area contributed by atoms with E-state index in [1.54, 1.807) is 24.3 Å². The van der Waals surface area contributed by atoms with Gasteiger partial charge in [0.15, 0.2) is 18.5 Å². The number of ether oxygens (including phenoxy) is 6. The van der Waals surface area contributed by atoms with Crippen molar-refractivity contribution < 1.29 is 42.8 Å². The molecule has 11 heteroatoms. The molecule has 0 bridgehead atoms. The van der Waals surface area contributed by atoms with Gasteiger partial charge in [0.1, 0.15) is 12.2 Å². The minimum atomic E-state index is -1.79. The molecule has 9 nitrogen and oxygen atoms in total. The number of halogens is 1. The lowest BCUT2D eigenvalue weighted by molar-refractivity contribution is -0.380. The highest BCUT2D eigenvalue weighted by Crippen LogP contribution is 2.43. The molecule has 0 N–H and O–H groups in total. The standard InChI is InChI=1S/C27H29IO9S/c1-16(29)34-23-22-21(36-25(32-3)24(23)35-17(2)30)15-33-27(37-22,19-10-5-4-6-11-19)26(31)38-14-13-18-9-7-8-12-20(18)28/h4-12,21-25H,13-15H2,1-3H3/t21-,22+,23+,24-,25-,27?/m1/s1. The number of carbonyl (C=O) groups excluding carboxylic acids is 3. The average molecular weight is 656 g/mol. The maximum atomic E-state index is 13.8. The van der Waals surface area contributed by atoms with E-state index in [4.69, 9.17) is 28.4 Å². The van der Waals surface area contributed by atoms with E-state index < -0.39 is 48.4 Å². The van der Waals surface area contributed by atoms with Gasteiger partial charge in [0.25, 0.3) is 10.9 Å². The summed E-state index contributed by atoms with van der Waals surface area (Å²) in [6.07, 6.45) is -4.30. The molecule has 0 spiro atoms. The third kappa shape index (κ3) is 6.40. The van der Waals surface area contributed by atoms with Gasteiger partial charge in [0.05, 0.1) is 6.61 Å². The first-order valence-corrected chi connectivity index (χ1v) is 14.1. The Labute approximate surface area is 239 Å². The van der Waals surface area contributed by atoms with Crippen LogP contribution in [0.4, 0.5) is 0 Å². The zero-order valence-electron chi connectivity index (χ0n) is 21.2. The number of aryl methyl sites for hydroxylation is 1. The molecule has 0 saturated carbocycles. The SMILES string of the molecule is CO[C@@H]1O[C@@H]2COC(C(=O)SCCc3ccccc3I)(c3ccccc3)O[C@@H]2[C@H](OC(C)=O)[C@H]1OC(C)=O. The van der Waals surface area contributed by atoms with Crippen LogP contribution in [0.15, 0.2) is 54.6 Å². The van der Waals surface area contributed by atoms with E-state index >= 15 is 0 Å². The van der Waals surface area contributed by atoms with E-state index in [2.05, 4.69) is 22.6 Å². The monoisotopic (exact) mass is 656 g/mol. The smallest absolute Gasteiger partial charge is 0.303 e. The summed E-state index contributed by atoms with van der Waals surface area (Å²) in [5, 5.41) is -0.354. The first kappa shape index (κ1) is 29.0. The zero-order chi connectivity index (χ0) is 27.3. The highest BCUT2D eigenvalue weighted by atomic mass is 127. The van der Waals surface area contributed by atoms with Crippen LogP contribution in [0.25, 0.3) is 0 Å². The number of hydrogen-bond acceptors (Lipinski definition) is 10. The van der Waals surface area contributed by atoms with Gasteiger partial charge in [-0.05, 0) is 40.6 Å². The van der Waals surface area contributed by atoms with E-state index in [0.29, 0.717) is 17.7 Å². The van der Waals surface area contributed by atoms with E-state index in [0.717, 1.165) is 20.9 Å². The van der Waals surface area contributed by atoms with Crippen LogP contribution in [-0.4, -0.2) is 67.2 Å². The maximum absolute atomic E-state index is 13.8. The van der Waals surface area contributed by atoms with Gasteiger partial charge in [-0.25, -0.2) is 0 Å². The molecular weight excluding hydrogens is 627 g/mol. The van der Waals surface area contributed by atoms with Gasteiger partial charge in [0.2, 0.25) is 0 Å². The first-order valence-electron chi connectivity index (χ1n) is 12.1. The van der Waals surface area contributed by atoms with Gasteiger partial charge in [0, 0.05) is 35.8 Å². The summed E-state index contributed by atoms with van der Waals surface area (Å²) in [6.45, 7) is 2.43. The lowest BCUT2D eigenvalue weighted by Crippen LogP contribution is -2.67. The fraction of sp³-hybridized carbons (Fsp3) is 0.444. The van der Waals surface area contributed by atoms with Crippen molar-refractivity contribution >= 4 is 51.4 Å². The summed E-state index contributed by atoms with van der Waals surface area (Å²) in [6, 6.07) is 16.9. The van der Waals surface area contributed by atoms with Crippen LogP contribution in [0.3, 0.4) is 0 Å². The quantitative estimate of drug-likeness (QED) is 0.309. The number of rotatable bonds is 8. The van der Waals surface area contributed by atoms with Gasteiger partial charge < -0.3 is 28.4 Å². The number of esters is 2. The number of thioether (sulfide) groups is 1. The molecule has 2 aliphatic rings. The van der Waals surface area contributed by atoms with Crippen molar-refractivity contribution in [2.45, 2.75) is 56.8 Å². The average Bonchev–Trinajstić information content (AvgIpc) is 2.90. The molecule has 2 fully saturated rings. The molecule has 0 aromatic heterocycles. The fourth-order valence-electron chi connectivity index (χ4n) is 4.50. The van der Waals surface area contributed by atoms with Gasteiger partial charge in [-0.15, -0.1) is 0 Å². The molecule has 1 unspecified atom stereocenters. The number of methoxy groups -OCH3 is 1. The van der Waals surface area contributed by atoms with Crippen LogP contribution in [0, 0.1) is 3.57 Å². The number of carbonyl (C=O) groups is 3. The van der Waals surface area contributed by atoms with Crippen molar-refractivity contribution in [3.05, 3.63) is 69.3 Å². The predicted octanol–water partition coefficient (Wildman–Crippen LogP) is 3.60. The van der Waals surface area contributed by atoms with Gasteiger partial charge in [-0.2, -0.15) is 0 Å². The highest BCUT2D eigenvalue weighted by molar-refractivity contribution is 14.1. The van der Waals surface area contributed by atoms with E-state index in [9.17, 15) is 14.4 Å². The zero-order valence-corrected chi connectivity index (χ0v) is 24.1. The number of fused-ring (bicyclic) bond motifs is 1. The van der Waals surface area contributed by atoms with Crippen molar-refractivity contribution in [2.24, 2.45) is 0 Å². The fourth-order valence-corrected chi connectivity index (χ4v) is 6.08. The summed E-state index contributed by atoms with van der Waals surface area (Å²) >= 11 is 3.37. The van der Waals surface area contributed by atoms with Gasteiger partial charge >= 0.3 is 11.9 Å². The first-order chi connectivity index (χ1) is 18.2. The Morgan fingerprint density at radius 1 is 1.00 bits per heavy atom. The summed E-state index contributed by atoms with van der Waals surface area (Å²) in [7, 11) is 1.39. The molecule has 2 heterocycles. The van der Waals surface area contributed by atoms with Crippen LogP contribution in [0.1, 0.15) is 25.0 Å². The summed E-state index contributed by atoms with van der Waals surface area (Å²) in [4.78, 5) is 37.8. The highest BCUT2D eigenvalue weighted by Gasteiger charge is 2.59. The number of benzene rings is 2. The van der Waals surface area contributed by atoms with Crippen LogP contribution in [0.5, 0.6) is 0 Å². The minimum Gasteiger partial charge on any atom is -0.455 e. The Balaban J connectivity index is 1.63. The maximum Gasteiger partial charge on any atom is 0.303 e. The lowest BCUT2D eigenvalue weighted by Gasteiger charge is -2.50. The molecule has 38 heavy (non-hydrogen) atoms. The predicted molar refractivity (Wildman–Crippen MR) is 146 cm³/mol. The lowest BCUT2D eigenvalue weighted by atomic mass is 9.95. The van der Waals surface area contributed by atoms with Crippen LogP contribution < -0.4 is 0 Å². The van der Waals surface area contributed by atoms with Crippen molar-refractivity contribution in [1.29, 1.82) is 0 Å². The summed E-state index contributed by atoms with van der Waals surface area (Å²) < 4.78 is 36.1. The molecular formula is C27H29IO9S. The molecule has 2 aliphatic heterocycles. The molecule has 2 aromatic rings. The largest absolute Gasteiger partial charge is 0.455 e. The van der Waals surface area contributed by atoms with Crippen molar-refractivity contribution in [1.82, 2.24) is 0 Å². The molecule has 2 aromatic carbocycles. The second-order valence-corrected chi connectivity index (χ2v) is 11.0. The Kier molecular flexibility index (Phi) is 9.82. The van der Waals surface area contributed by atoms with Crippen molar-refractivity contribution in [2.75, 3.05) is 19.5 Å². The van der Waals surface area contributed by atoms with Gasteiger partial charge in [-0.3, -0.25) is 14.4 Å². The molecule has 4 rings (SSSR count). The van der Waals surface area contributed by atoms with Crippen LogP contribution in [0.2, 0.25) is 0 Å². The third-order valence-electron chi connectivity index (χ3n) is 6.17. The Morgan fingerprint density at radius 2 is 1.66 bits per heavy atom. The molecule has 0 amide bonds. The van der Waals surface area contributed by atoms with Crippen LogP contribution >= 0.6 is 34.4 Å². The summed E-state index contributed by atoms with van der Waals surface area (Å²) in [5.41, 5.74) is 1.63. The van der Waals surface area contributed by atoms with E-state index in [1.165, 1.54) is 21.0 Å². The molecule has 0 radical (unpaired) electrons. The Hall–Kier alpha value is -2.03. The third-order valence-corrected chi connectivity index (χ3v) is 8.16. The molecule has 204 valence electrons. The molecule has 0 aliphatic carbocycles. The molecule has 6 atom stereocenters. The van der Waals surface area contributed by atoms with Crippen molar-refractivity contribution in [3.8, 4) is 0 Å². The second-order valence-electron chi connectivity index (χ2n) is 8.78. The van der Waals surface area contributed by atoms with Crippen molar-refractivity contribution in [3.63, 3.8) is 0 Å². The van der Waals surface area contributed by atoms with Gasteiger partial charge in [-0.1, -0.05) is 60.3 Å². The molecule has 2 saturated heterocycles. The van der Waals surface area contributed by atoms with E-state index in [1.807, 2.05) is 30.3 Å². The Morgan fingerprint density at radius 3 is 2.32 bits per heavy atom. The van der Waals surface area contributed by atoms with E-state index in [-0.39, 0.29) is 11.7 Å². The second kappa shape index (κ2) is 12.9. The number of hydrogen-bond donors (Lipinski definition) is 0. The normalized spacial score (nSPS) is 28.7. The minimum absolute atomic E-state index is 0.0487. The summed E-state index contributed by atoms with van der Waals surface area (Å²) in [5.74, 6) is -2.51. The topological polar surface area (TPSA) is 107 Å². The van der Waals surface area contributed by atoms with Crippen LogP contribution in [-0.2, 0) is 55.0 Å². The Bertz CT molecular complexity index is 1150.